The van der Waals surface area contributed by atoms with Crippen molar-refractivity contribution in [3.63, 3.8) is 0 Å². The minimum atomic E-state index is -0.476. The lowest BCUT2D eigenvalue weighted by molar-refractivity contribution is 0.0519. The molecule has 0 bridgehead atoms. The van der Waals surface area contributed by atoms with E-state index in [9.17, 15) is 9.90 Å². The third-order valence-corrected chi connectivity index (χ3v) is 6.92. The third kappa shape index (κ3) is 2.16. The van der Waals surface area contributed by atoms with Gasteiger partial charge in [0.1, 0.15) is 5.54 Å². The molecule has 2 aromatic rings. The summed E-state index contributed by atoms with van der Waals surface area (Å²) >= 11 is 0. The summed E-state index contributed by atoms with van der Waals surface area (Å²) in [5.74, 6) is 0.884. The second-order valence-electron chi connectivity index (χ2n) is 8.36. The number of methoxy groups -OCH3 is 1. The zero-order valence-corrected chi connectivity index (χ0v) is 16.8. The molecule has 5 heteroatoms. The van der Waals surface area contributed by atoms with Crippen molar-refractivity contribution in [2.75, 3.05) is 7.11 Å². The van der Waals surface area contributed by atoms with Crippen LogP contribution in [0, 0.1) is 11.3 Å². The largest absolute Gasteiger partial charge is 0.504 e. The van der Waals surface area contributed by atoms with Crippen LogP contribution in [-0.4, -0.2) is 23.4 Å². The summed E-state index contributed by atoms with van der Waals surface area (Å²) in [5, 5.41) is 10.1. The van der Waals surface area contributed by atoms with Crippen molar-refractivity contribution in [1.82, 2.24) is 4.98 Å². The highest BCUT2D eigenvalue weighted by Crippen LogP contribution is 2.75. The Bertz CT molecular complexity index is 1170. The molecular weight excluding hydrogens is 364 g/mol. The molecule has 1 aromatic carbocycles. The Morgan fingerprint density at radius 2 is 2.10 bits per heavy atom. The number of fused-ring (bicyclic) bond motifs is 2. The molecule has 0 saturated heterocycles. The van der Waals surface area contributed by atoms with Crippen LogP contribution in [0.3, 0.4) is 0 Å². The predicted octanol–water partition coefficient (Wildman–Crippen LogP) is 3.87. The molecule has 3 atom stereocenters. The number of phenols is 1. The third-order valence-electron chi connectivity index (χ3n) is 6.92. The van der Waals surface area contributed by atoms with E-state index in [1.165, 1.54) is 18.3 Å². The molecule has 1 heterocycles. The van der Waals surface area contributed by atoms with Crippen molar-refractivity contribution in [2.45, 2.75) is 32.2 Å². The van der Waals surface area contributed by atoms with Crippen molar-refractivity contribution in [3.8, 4) is 11.5 Å². The fourth-order valence-electron chi connectivity index (χ4n) is 5.94. The van der Waals surface area contributed by atoms with Crippen LogP contribution in [0.1, 0.15) is 37.1 Å². The molecule has 1 aromatic heterocycles. The smallest absolute Gasteiger partial charge is 0.248 e. The van der Waals surface area contributed by atoms with Crippen LogP contribution in [0.2, 0.25) is 0 Å². The average molecular weight is 388 g/mol. The van der Waals surface area contributed by atoms with Crippen LogP contribution in [0.4, 0.5) is 0 Å². The summed E-state index contributed by atoms with van der Waals surface area (Å²) in [5.41, 5.74) is 4.97. The lowest BCUT2D eigenvalue weighted by Gasteiger charge is -2.58. The van der Waals surface area contributed by atoms with Crippen LogP contribution in [0.15, 0.2) is 63.4 Å². The summed E-state index contributed by atoms with van der Waals surface area (Å²) in [6.45, 7) is 4.25. The molecule has 3 aliphatic rings. The molecule has 5 rings (SSSR count). The van der Waals surface area contributed by atoms with E-state index in [1.54, 1.807) is 18.2 Å². The van der Waals surface area contributed by atoms with Crippen molar-refractivity contribution in [3.05, 3.63) is 80.8 Å². The lowest BCUT2D eigenvalue weighted by Crippen LogP contribution is -2.58. The molecule has 29 heavy (non-hydrogen) atoms. The zero-order chi connectivity index (χ0) is 20.4. The van der Waals surface area contributed by atoms with Gasteiger partial charge >= 0.3 is 0 Å². The fourth-order valence-corrected chi connectivity index (χ4v) is 5.94. The maximum absolute atomic E-state index is 12.0. The van der Waals surface area contributed by atoms with Gasteiger partial charge in [-0.15, -0.1) is 0 Å². The number of allylic oxidation sites excluding steroid dienone is 3. The summed E-state index contributed by atoms with van der Waals surface area (Å²) in [6, 6.07) is 8.84. The lowest BCUT2D eigenvalue weighted by atomic mass is 9.46. The number of aliphatic imine (C=N–C) groups is 1. The number of benzene rings is 1. The van der Waals surface area contributed by atoms with Crippen molar-refractivity contribution < 1.29 is 9.84 Å². The Hall–Kier alpha value is -3.08. The molecule has 0 amide bonds. The molecule has 1 spiro atoms. The number of H-pyrrole nitrogens is 1. The van der Waals surface area contributed by atoms with Crippen molar-refractivity contribution >= 4 is 6.21 Å². The van der Waals surface area contributed by atoms with E-state index in [4.69, 9.17) is 9.73 Å². The van der Waals surface area contributed by atoms with E-state index in [0.29, 0.717) is 11.7 Å². The number of aromatic nitrogens is 1. The second kappa shape index (κ2) is 5.96. The SMILES string of the molecule is CC=C1C2C=C(C)CC23Cc2[nH]c(=O)ccc2[C@]13N=Cc1ccc(OC)c(O)c1. The minimum absolute atomic E-state index is 0.0590. The van der Waals surface area contributed by atoms with Crippen LogP contribution in [0.5, 0.6) is 11.5 Å². The molecule has 0 radical (unpaired) electrons. The molecule has 2 N–H and O–H groups in total. The Labute approximate surface area is 169 Å². The summed E-state index contributed by atoms with van der Waals surface area (Å²) in [7, 11) is 1.53. The highest BCUT2D eigenvalue weighted by molar-refractivity contribution is 5.82. The number of hydrogen-bond donors (Lipinski definition) is 2. The number of nitrogens with zero attached hydrogens (tertiary/aromatic N) is 1. The molecule has 2 unspecified atom stereocenters. The van der Waals surface area contributed by atoms with Crippen LogP contribution < -0.4 is 10.3 Å². The first kappa shape index (κ1) is 18.0. The number of rotatable bonds is 3. The van der Waals surface area contributed by atoms with Gasteiger partial charge in [-0.1, -0.05) is 17.7 Å². The Morgan fingerprint density at radius 3 is 2.83 bits per heavy atom. The van der Waals surface area contributed by atoms with E-state index in [0.717, 1.165) is 29.7 Å². The zero-order valence-electron chi connectivity index (χ0n) is 16.8. The Balaban J connectivity index is 1.67. The maximum Gasteiger partial charge on any atom is 0.248 e. The van der Waals surface area contributed by atoms with Gasteiger partial charge in [0.05, 0.1) is 7.11 Å². The maximum atomic E-state index is 12.0. The first-order valence-corrected chi connectivity index (χ1v) is 9.94. The van der Waals surface area contributed by atoms with E-state index in [2.05, 4.69) is 31.0 Å². The number of pyridine rings is 1. The summed E-state index contributed by atoms with van der Waals surface area (Å²) in [4.78, 5) is 20.2. The molecule has 1 fully saturated rings. The van der Waals surface area contributed by atoms with Gasteiger partial charge in [-0.2, -0.15) is 0 Å². The summed E-state index contributed by atoms with van der Waals surface area (Å²) in [6.07, 6.45) is 8.18. The Morgan fingerprint density at radius 1 is 1.28 bits per heavy atom. The number of phenolic OH excluding ortho intramolecular Hbond substituents is 1. The fraction of sp³-hybridized carbons (Fsp3) is 0.333. The number of aromatic amines is 1. The van der Waals surface area contributed by atoms with Crippen LogP contribution >= 0.6 is 0 Å². The summed E-state index contributed by atoms with van der Waals surface area (Å²) < 4.78 is 5.14. The monoisotopic (exact) mass is 388 g/mol. The Kier molecular flexibility index (Phi) is 3.69. The normalized spacial score (nSPS) is 30.7. The van der Waals surface area contributed by atoms with E-state index in [1.807, 2.05) is 18.3 Å². The number of aromatic hydroxyl groups is 1. The van der Waals surface area contributed by atoms with E-state index in [-0.39, 0.29) is 16.7 Å². The standard InChI is InChI=1S/C24H24N2O3/c1-4-16-18-9-14(2)11-23(18)12-19-17(6-8-22(28)26-19)24(16,23)25-13-15-5-7-21(29-3)20(27)10-15/h4-10,13,18,27H,11-12H2,1-3H3,(H,26,28)/t18?,23?,24-/m1/s1. The van der Waals surface area contributed by atoms with Gasteiger partial charge < -0.3 is 14.8 Å². The topological polar surface area (TPSA) is 74.7 Å². The highest BCUT2D eigenvalue weighted by atomic mass is 16.5. The van der Waals surface area contributed by atoms with Crippen LogP contribution in [0.25, 0.3) is 0 Å². The van der Waals surface area contributed by atoms with Crippen LogP contribution in [-0.2, 0) is 12.0 Å². The van der Waals surface area contributed by atoms with Gasteiger partial charge in [-0.3, -0.25) is 9.79 Å². The quantitative estimate of drug-likeness (QED) is 0.619. The first-order chi connectivity index (χ1) is 13.9. The van der Waals surface area contributed by atoms with Gasteiger partial charge in [-0.05, 0) is 62.1 Å². The van der Waals surface area contributed by atoms with E-state index >= 15 is 0 Å². The molecule has 5 nitrogen and oxygen atoms in total. The molecular formula is C24H24N2O3. The van der Waals surface area contributed by atoms with Gasteiger partial charge in [0.15, 0.2) is 11.5 Å². The van der Waals surface area contributed by atoms with Gasteiger partial charge in [0, 0.05) is 34.9 Å². The van der Waals surface area contributed by atoms with E-state index < -0.39 is 5.54 Å². The highest BCUT2D eigenvalue weighted by Gasteiger charge is 2.73. The molecule has 0 aliphatic heterocycles. The molecule has 3 aliphatic carbocycles. The van der Waals surface area contributed by atoms with Gasteiger partial charge in [0.25, 0.3) is 0 Å². The minimum Gasteiger partial charge on any atom is -0.504 e. The van der Waals surface area contributed by atoms with Crippen molar-refractivity contribution in [1.29, 1.82) is 0 Å². The molecule has 148 valence electrons. The predicted molar refractivity (Wildman–Crippen MR) is 113 cm³/mol. The number of ether oxygens (including phenoxy) is 1. The van der Waals surface area contributed by atoms with Gasteiger partial charge in [0.2, 0.25) is 5.56 Å². The molecule has 1 saturated carbocycles. The number of hydrogen-bond acceptors (Lipinski definition) is 4. The average Bonchev–Trinajstić information content (AvgIpc) is 3.09. The van der Waals surface area contributed by atoms with Gasteiger partial charge in [-0.25, -0.2) is 0 Å². The number of nitrogens with one attached hydrogen (secondary N) is 1. The second-order valence-corrected chi connectivity index (χ2v) is 8.36. The van der Waals surface area contributed by atoms with Crippen molar-refractivity contribution in [2.24, 2.45) is 16.3 Å². The first-order valence-electron chi connectivity index (χ1n) is 9.94.